The van der Waals surface area contributed by atoms with Gasteiger partial charge in [-0.25, -0.2) is 13.1 Å². The van der Waals surface area contributed by atoms with Crippen LogP contribution in [0.2, 0.25) is 0 Å². The molecule has 2 N–H and O–H groups in total. The third-order valence-electron chi connectivity index (χ3n) is 5.05. The molecule has 0 saturated carbocycles. The van der Waals surface area contributed by atoms with Gasteiger partial charge in [-0.05, 0) is 31.5 Å². The van der Waals surface area contributed by atoms with Crippen LogP contribution in [0.15, 0.2) is 89.8 Å². The lowest BCUT2D eigenvalue weighted by Crippen LogP contribution is -2.44. The Morgan fingerprint density at radius 1 is 0.867 bits per heavy atom. The number of aliphatic hydroxyl groups is 1. The van der Waals surface area contributed by atoms with E-state index in [2.05, 4.69) is 4.72 Å². The first-order chi connectivity index (χ1) is 14.3. The summed E-state index contributed by atoms with van der Waals surface area (Å²) in [5.74, 6) is -1.33. The van der Waals surface area contributed by atoms with Gasteiger partial charge < -0.3 is 5.11 Å². The zero-order valence-electron chi connectivity index (χ0n) is 16.9. The number of sulfonamides is 1. The quantitative estimate of drug-likeness (QED) is 0.539. The van der Waals surface area contributed by atoms with Crippen LogP contribution >= 0.6 is 0 Å². The van der Waals surface area contributed by atoms with E-state index in [9.17, 15) is 18.3 Å². The Balaban J connectivity index is 1.94. The predicted molar refractivity (Wildman–Crippen MR) is 117 cm³/mol. The summed E-state index contributed by atoms with van der Waals surface area (Å²) < 4.78 is 28.3. The van der Waals surface area contributed by atoms with E-state index in [4.69, 9.17) is 0 Å². The molecule has 5 nitrogen and oxygen atoms in total. The van der Waals surface area contributed by atoms with Crippen molar-refractivity contribution >= 4 is 15.8 Å². The molecule has 0 aliphatic rings. The maximum absolute atomic E-state index is 13.3. The van der Waals surface area contributed by atoms with Crippen molar-refractivity contribution in [3.63, 3.8) is 0 Å². The van der Waals surface area contributed by atoms with Gasteiger partial charge in [0.05, 0.1) is 16.9 Å². The average molecular weight is 424 g/mol. The molecule has 0 aromatic heterocycles. The first-order valence-corrected chi connectivity index (χ1v) is 11.2. The van der Waals surface area contributed by atoms with Crippen molar-refractivity contribution in [3.05, 3.63) is 102 Å². The third-order valence-corrected chi connectivity index (χ3v) is 6.63. The Morgan fingerprint density at radius 3 is 1.97 bits per heavy atom. The van der Waals surface area contributed by atoms with Crippen molar-refractivity contribution in [2.75, 3.05) is 0 Å². The number of carbonyl (C=O) groups excluding carboxylic acids is 1. The van der Waals surface area contributed by atoms with Gasteiger partial charge in [-0.2, -0.15) is 0 Å². The molecular formula is C24H25NO4S. The first kappa shape index (κ1) is 21.9. The molecule has 156 valence electrons. The molecule has 0 fully saturated rings. The number of nitrogens with one attached hydrogen (secondary N) is 1. The third kappa shape index (κ3) is 5.02. The van der Waals surface area contributed by atoms with Crippen LogP contribution in [0.25, 0.3) is 0 Å². The summed E-state index contributed by atoms with van der Waals surface area (Å²) in [6.07, 6.45) is -1.17. The van der Waals surface area contributed by atoms with E-state index in [0.717, 1.165) is 5.56 Å². The molecule has 30 heavy (non-hydrogen) atoms. The standard InChI is InChI=1S/C24H25NO4S/c1-17-13-15-21(16-14-17)30(28,29)25-18(2)22(23(26)19-9-5-3-6-10-19)24(27)20-11-7-4-8-12-20/h3-16,18,22-23,25-26H,1-2H3/t18-,22+,23+/m0/s1. The Bertz CT molecular complexity index is 1080. The van der Waals surface area contributed by atoms with E-state index in [1.54, 1.807) is 73.7 Å². The molecule has 0 bridgehead atoms. The maximum atomic E-state index is 13.3. The van der Waals surface area contributed by atoms with Crippen LogP contribution < -0.4 is 4.72 Å². The van der Waals surface area contributed by atoms with Crippen LogP contribution in [0.4, 0.5) is 0 Å². The van der Waals surface area contributed by atoms with E-state index in [1.165, 1.54) is 12.1 Å². The zero-order chi connectivity index (χ0) is 21.7. The van der Waals surface area contributed by atoms with Crippen molar-refractivity contribution in [1.82, 2.24) is 4.72 Å². The number of aliphatic hydroxyl groups excluding tert-OH is 1. The van der Waals surface area contributed by atoms with E-state index in [1.807, 2.05) is 13.0 Å². The van der Waals surface area contributed by atoms with Crippen LogP contribution in [0.3, 0.4) is 0 Å². The number of hydrogen-bond acceptors (Lipinski definition) is 4. The number of hydrogen-bond donors (Lipinski definition) is 2. The molecule has 3 rings (SSSR count). The Hall–Kier alpha value is -2.80. The number of ketones is 1. The van der Waals surface area contributed by atoms with E-state index in [-0.39, 0.29) is 10.7 Å². The first-order valence-electron chi connectivity index (χ1n) is 9.71. The number of Topliss-reactive ketones (excluding diaryl/α,β-unsaturated/α-hetero) is 1. The average Bonchev–Trinajstić information content (AvgIpc) is 2.75. The van der Waals surface area contributed by atoms with Crippen LogP contribution in [-0.4, -0.2) is 25.3 Å². The molecule has 6 heteroatoms. The van der Waals surface area contributed by atoms with Gasteiger partial charge in [-0.1, -0.05) is 78.4 Å². The van der Waals surface area contributed by atoms with Crippen LogP contribution in [0.1, 0.15) is 34.5 Å². The highest BCUT2D eigenvalue weighted by molar-refractivity contribution is 7.89. The summed E-state index contributed by atoms with van der Waals surface area (Å²) in [7, 11) is -3.87. The van der Waals surface area contributed by atoms with Gasteiger partial charge in [0, 0.05) is 11.6 Å². The molecule has 3 aromatic rings. The van der Waals surface area contributed by atoms with Gasteiger partial charge in [0.15, 0.2) is 5.78 Å². The molecular weight excluding hydrogens is 398 g/mol. The fourth-order valence-corrected chi connectivity index (χ4v) is 4.67. The topological polar surface area (TPSA) is 83.5 Å². The Kier molecular flexibility index (Phi) is 6.82. The fourth-order valence-electron chi connectivity index (χ4n) is 3.40. The smallest absolute Gasteiger partial charge is 0.240 e. The van der Waals surface area contributed by atoms with E-state index in [0.29, 0.717) is 11.1 Å². The molecule has 0 spiro atoms. The SMILES string of the molecule is Cc1ccc(S(=O)(=O)N[C@@H](C)[C@@H](C(=O)c2ccccc2)[C@H](O)c2ccccc2)cc1. The monoisotopic (exact) mass is 423 g/mol. The summed E-state index contributed by atoms with van der Waals surface area (Å²) in [5.41, 5.74) is 1.91. The minimum absolute atomic E-state index is 0.111. The van der Waals surface area contributed by atoms with Gasteiger partial charge in [0.1, 0.15) is 0 Å². The molecule has 0 radical (unpaired) electrons. The summed E-state index contributed by atoms with van der Waals surface area (Å²) in [5, 5.41) is 11.0. The number of rotatable bonds is 8. The van der Waals surface area contributed by atoms with E-state index >= 15 is 0 Å². The summed E-state index contributed by atoms with van der Waals surface area (Å²) in [6, 6.07) is 23.0. The maximum Gasteiger partial charge on any atom is 0.240 e. The van der Waals surface area contributed by atoms with Crippen LogP contribution in [0.5, 0.6) is 0 Å². The zero-order valence-corrected chi connectivity index (χ0v) is 17.7. The Labute approximate surface area is 177 Å². The molecule has 3 aromatic carbocycles. The van der Waals surface area contributed by atoms with Crippen molar-refractivity contribution in [1.29, 1.82) is 0 Å². The lowest BCUT2D eigenvalue weighted by atomic mass is 9.84. The number of benzene rings is 3. The van der Waals surface area contributed by atoms with Gasteiger partial charge in [-0.15, -0.1) is 0 Å². The number of aryl methyl sites for hydroxylation is 1. The fraction of sp³-hybridized carbons (Fsp3) is 0.208. The van der Waals surface area contributed by atoms with Gasteiger partial charge in [-0.3, -0.25) is 4.79 Å². The summed E-state index contributed by atoms with van der Waals surface area (Å²) >= 11 is 0. The van der Waals surface area contributed by atoms with Crippen molar-refractivity contribution in [2.45, 2.75) is 30.9 Å². The molecule has 0 aliphatic carbocycles. The highest BCUT2D eigenvalue weighted by atomic mass is 32.2. The predicted octanol–water partition coefficient (Wildman–Crippen LogP) is 3.89. The van der Waals surface area contributed by atoms with E-state index < -0.39 is 28.1 Å². The van der Waals surface area contributed by atoms with Gasteiger partial charge in [0.2, 0.25) is 10.0 Å². The Morgan fingerprint density at radius 2 is 1.40 bits per heavy atom. The number of carbonyl (C=O) groups is 1. The van der Waals surface area contributed by atoms with Crippen LogP contribution in [-0.2, 0) is 10.0 Å². The second kappa shape index (κ2) is 9.34. The van der Waals surface area contributed by atoms with Crippen molar-refractivity contribution in [3.8, 4) is 0 Å². The summed E-state index contributed by atoms with van der Waals surface area (Å²) in [4.78, 5) is 13.4. The van der Waals surface area contributed by atoms with Gasteiger partial charge in [0.25, 0.3) is 0 Å². The van der Waals surface area contributed by atoms with Crippen molar-refractivity contribution in [2.24, 2.45) is 5.92 Å². The second-order valence-electron chi connectivity index (χ2n) is 7.33. The minimum atomic E-state index is -3.87. The molecule has 0 amide bonds. The lowest BCUT2D eigenvalue weighted by molar-refractivity contribution is 0.0615. The molecule has 0 saturated heterocycles. The molecule has 3 atom stereocenters. The molecule has 0 unspecified atom stereocenters. The molecule has 0 heterocycles. The van der Waals surface area contributed by atoms with Crippen LogP contribution in [0, 0.1) is 12.8 Å². The molecule has 0 aliphatic heterocycles. The minimum Gasteiger partial charge on any atom is -0.388 e. The normalized spacial score (nSPS) is 14.6. The summed E-state index contributed by atoms with van der Waals surface area (Å²) in [6.45, 7) is 3.47. The highest BCUT2D eigenvalue weighted by Gasteiger charge is 2.36. The highest BCUT2D eigenvalue weighted by Crippen LogP contribution is 2.29. The lowest BCUT2D eigenvalue weighted by Gasteiger charge is -2.28. The second-order valence-corrected chi connectivity index (χ2v) is 9.05. The van der Waals surface area contributed by atoms with Crippen molar-refractivity contribution < 1.29 is 18.3 Å². The van der Waals surface area contributed by atoms with Gasteiger partial charge >= 0.3 is 0 Å². The largest absolute Gasteiger partial charge is 0.388 e.